The van der Waals surface area contributed by atoms with Crippen LogP contribution >= 0.6 is 0 Å². The van der Waals surface area contributed by atoms with Gasteiger partial charge >= 0.3 is 0 Å². The summed E-state index contributed by atoms with van der Waals surface area (Å²) in [5.74, 6) is -0.290. The van der Waals surface area contributed by atoms with Gasteiger partial charge in [-0.05, 0) is 0 Å². The van der Waals surface area contributed by atoms with Gasteiger partial charge in [-0.2, -0.15) is 4.98 Å². The number of nitrogens with two attached hydrogens (primary N) is 1. The number of ether oxygens (including phenoxy) is 1. The Hall–Kier alpha value is -1.97. The van der Waals surface area contributed by atoms with E-state index in [4.69, 9.17) is 10.5 Å². The molecule has 0 saturated carbocycles. The molecule has 108 valence electrons. The van der Waals surface area contributed by atoms with E-state index in [2.05, 4.69) is 15.0 Å². The maximum absolute atomic E-state index is 11.7. The number of hydrogen-bond acceptors (Lipinski definition) is 7. The van der Waals surface area contributed by atoms with Crippen molar-refractivity contribution >= 4 is 17.1 Å². The van der Waals surface area contributed by atoms with Crippen LogP contribution in [-0.2, 0) is 4.74 Å². The summed E-state index contributed by atoms with van der Waals surface area (Å²) >= 11 is 0. The van der Waals surface area contributed by atoms with Gasteiger partial charge in [0.15, 0.2) is 11.2 Å². The predicted molar refractivity (Wildman–Crippen MR) is 69.0 cm³/mol. The number of hydrogen-bond donors (Lipinski definition) is 4. The van der Waals surface area contributed by atoms with Gasteiger partial charge in [0.25, 0.3) is 5.56 Å². The second kappa shape index (κ2) is 4.85. The molecule has 20 heavy (non-hydrogen) atoms. The van der Waals surface area contributed by atoms with E-state index in [1.807, 2.05) is 0 Å². The molecule has 3 unspecified atom stereocenters. The summed E-state index contributed by atoms with van der Waals surface area (Å²) in [6.07, 6.45) is 1.03. The summed E-state index contributed by atoms with van der Waals surface area (Å²) < 4.78 is 7.11. The number of nitrogens with one attached hydrogen (secondary N) is 1. The number of aromatic nitrogens is 4. The lowest BCUT2D eigenvalue weighted by molar-refractivity contribution is 0.0268. The average molecular weight is 281 g/mol. The molecule has 0 spiro atoms. The summed E-state index contributed by atoms with van der Waals surface area (Å²) in [7, 11) is 0. The highest BCUT2D eigenvalue weighted by Crippen LogP contribution is 2.32. The normalized spacial score (nSPS) is 26.4. The van der Waals surface area contributed by atoms with Crippen molar-refractivity contribution in [1.29, 1.82) is 0 Å². The first-order valence-electron chi connectivity index (χ1n) is 6.21. The number of aliphatic hydroxyl groups excluding tert-OH is 2. The fourth-order valence-electron chi connectivity index (χ4n) is 2.62. The topological polar surface area (TPSA) is 139 Å². The van der Waals surface area contributed by atoms with E-state index in [1.54, 1.807) is 4.57 Å². The Morgan fingerprint density at radius 1 is 1.50 bits per heavy atom. The molecule has 3 atom stereocenters. The Balaban J connectivity index is 2.09. The van der Waals surface area contributed by atoms with Crippen LogP contribution in [0.25, 0.3) is 11.2 Å². The molecule has 3 heterocycles. The van der Waals surface area contributed by atoms with E-state index in [0.717, 1.165) is 0 Å². The molecule has 9 nitrogen and oxygen atoms in total. The summed E-state index contributed by atoms with van der Waals surface area (Å²) in [6, 6.07) is -0.254. The molecule has 1 aliphatic heterocycles. The summed E-state index contributed by atoms with van der Waals surface area (Å²) in [4.78, 5) is 22.2. The molecular weight excluding hydrogens is 266 g/mol. The smallest absolute Gasteiger partial charge is 0.280 e. The number of rotatable bonds is 3. The number of aromatic amines is 1. The zero-order chi connectivity index (χ0) is 14.3. The van der Waals surface area contributed by atoms with Crippen LogP contribution in [0.1, 0.15) is 6.04 Å². The maximum Gasteiger partial charge on any atom is 0.280 e. The quantitative estimate of drug-likeness (QED) is 0.522. The molecule has 0 aromatic carbocycles. The molecular formula is C11H15N5O4. The minimum Gasteiger partial charge on any atom is -0.396 e. The fourth-order valence-corrected chi connectivity index (χ4v) is 2.62. The van der Waals surface area contributed by atoms with E-state index in [0.29, 0.717) is 12.3 Å². The zero-order valence-electron chi connectivity index (χ0n) is 10.6. The van der Waals surface area contributed by atoms with Gasteiger partial charge in [0, 0.05) is 5.92 Å². The Morgan fingerprint density at radius 3 is 3.00 bits per heavy atom. The van der Waals surface area contributed by atoms with Crippen LogP contribution in [0.2, 0.25) is 0 Å². The molecule has 1 aliphatic rings. The number of aliphatic hydroxyl groups is 2. The highest BCUT2D eigenvalue weighted by molar-refractivity contribution is 5.70. The van der Waals surface area contributed by atoms with Crippen molar-refractivity contribution in [3.8, 4) is 0 Å². The highest BCUT2D eigenvalue weighted by Gasteiger charge is 2.38. The van der Waals surface area contributed by atoms with E-state index in [1.165, 1.54) is 6.33 Å². The van der Waals surface area contributed by atoms with Gasteiger partial charge in [-0.15, -0.1) is 0 Å². The van der Waals surface area contributed by atoms with Gasteiger partial charge < -0.3 is 25.3 Å². The van der Waals surface area contributed by atoms with E-state index in [9.17, 15) is 15.0 Å². The molecule has 0 bridgehead atoms. The van der Waals surface area contributed by atoms with Crippen molar-refractivity contribution in [2.75, 3.05) is 25.6 Å². The SMILES string of the molecule is Nc1nc2c(ncn2C2COC(CO)C2CO)c(=O)[nH]1. The minimum atomic E-state index is -0.443. The molecule has 1 saturated heterocycles. The van der Waals surface area contributed by atoms with Crippen molar-refractivity contribution in [2.45, 2.75) is 12.1 Å². The van der Waals surface area contributed by atoms with E-state index >= 15 is 0 Å². The molecule has 2 aromatic heterocycles. The van der Waals surface area contributed by atoms with Crippen LogP contribution in [0.3, 0.4) is 0 Å². The molecule has 3 rings (SSSR count). The van der Waals surface area contributed by atoms with Crippen LogP contribution in [0.5, 0.6) is 0 Å². The molecule has 1 fully saturated rings. The van der Waals surface area contributed by atoms with Crippen LogP contribution in [0.15, 0.2) is 11.1 Å². The molecule has 0 aliphatic carbocycles. The number of imidazole rings is 1. The van der Waals surface area contributed by atoms with Crippen molar-refractivity contribution in [3.05, 3.63) is 16.7 Å². The van der Waals surface area contributed by atoms with Crippen LogP contribution in [-0.4, -0.2) is 55.7 Å². The Morgan fingerprint density at radius 2 is 2.30 bits per heavy atom. The first kappa shape index (κ1) is 13.0. The summed E-state index contributed by atoms with van der Waals surface area (Å²) in [5, 5.41) is 18.7. The number of H-pyrrole nitrogens is 1. The van der Waals surface area contributed by atoms with Gasteiger partial charge in [-0.3, -0.25) is 9.78 Å². The van der Waals surface area contributed by atoms with Crippen LogP contribution in [0.4, 0.5) is 5.95 Å². The lowest BCUT2D eigenvalue weighted by Crippen LogP contribution is -2.28. The van der Waals surface area contributed by atoms with Crippen molar-refractivity contribution in [2.24, 2.45) is 5.92 Å². The Bertz CT molecular complexity index is 681. The van der Waals surface area contributed by atoms with Gasteiger partial charge in [-0.1, -0.05) is 0 Å². The van der Waals surface area contributed by atoms with Crippen molar-refractivity contribution < 1.29 is 14.9 Å². The molecule has 9 heteroatoms. The lowest BCUT2D eigenvalue weighted by Gasteiger charge is -2.20. The zero-order valence-corrected chi connectivity index (χ0v) is 10.6. The second-order valence-electron chi connectivity index (χ2n) is 4.74. The monoisotopic (exact) mass is 281 g/mol. The first-order valence-corrected chi connectivity index (χ1v) is 6.21. The molecule has 0 radical (unpaired) electrons. The largest absolute Gasteiger partial charge is 0.396 e. The van der Waals surface area contributed by atoms with Crippen LogP contribution in [0, 0.1) is 5.92 Å². The minimum absolute atomic E-state index is 0.00224. The third-order valence-corrected chi connectivity index (χ3v) is 3.65. The van der Waals surface area contributed by atoms with E-state index in [-0.39, 0.29) is 36.6 Å². The third kappa shape index (κ3) is 1.87. The van der Waals surface area contributed by atoms with Crippen molar-refractivity contribution in [1.82, 2.24) is 19.5 Å². The number of nitrogens with zero attached hydrogens (tertiary/aromatic N) is 3. The fraction of sp³-hybridized carbons (Fsp3) is 0.545. The van der Waals surface area contributed by atoms with Gasteiger partial charge in [-0.25, -0.2) is 4.98 Å². The Kier molecular flexibility index (Phi) is 3.16. The third-order valence-electron chi connectivity index (χ3n) is 3.65. The second-order valence-corrected chi connectivity index (χ2v) is 4.74. The lowest BCUT2D eigenvalue weighted by atomic mass is 9.98. The van der Waals surface area contributed by atoms with Gasteiger partial charge in [0.1, 0.15) is 0 Å². The Labute approximate surface area is 113 Å². The van der Waals surface area contributed by atoms with Crippen molar-refractivity contribution in [3.63, 3.8) is 0 Å². The molecule has 5 N–H and O–H groups in total. The molecule has 0 amide bonds. The average Bonchev–Trinajstić information content (AvgIpc) is 3.00. The van der Waals surface area contributed by atoms with Gasteiger partial charge in [0.05, 0.1) is 38.3 Å². The summed E-state index contributed by atoms with van der Waals surface area (Å²) in [6.45, 7) is -0.0188. The van der Waals surface area contributed by atoms with E-state index < -0.39 is 11.7 Å². The summed E-state index contributed by atoms with van der Waals surface area (Å²) in [5.41, 5.74) is 5.66. The highest BCUT2D eigenvalue weighted by atomic mass is 16.5. The van der Waals surface area contributed by atoms with Gasteiger partial charge in [0.2, 0.25) is 5.95 Å². The first-order chi connectivity index (χ1) is 9.65. The maximum atomic E-state index is 11.7. The predicted octanol–water partition coefficient (Wildman–Crippen LogP) is -1.76. The van der Waals surface area contributed by atoms with Crippen LogP contribution < -0.4 is 11.3 Å². The number of fused-ring (bicyclic) bond motifs is 1. The number of nitrogen functional groups attached to an aromatic ring is 1. The number of anilines is 1. The molecule has 2 aromatic rings. The standard InChI is InChI=1S/C11H15N5O4/c12-11-14-9-8(10(19)15-11)13-4-16(9)6-3-20-7(2-18)5(6)1-17/h4-7,17-18H,1-3H2,(H3,12,14,15,19).